The number of hydrogen-bond acceptors (Lipinski definition) is 4. The number of rotatable bonds is 5. The van der Waals surface area contributed by atoms with Crippen molar-refractivity contribution in [1.82, 2.24) is 10.3 Å². The van der Waals surface area contributed by atoms with Gasteiger partial charge in [-0.15, -0.1) is 11.3 Å². The van der Waals surface area contributed by atoms with Crippen LogP contribution in [-0.4, -0.2) is 17.6 Å². The van der Waals surface area contributed by atoms with Crippen LogP contribution < -0.4 is 10.2 Å². The molecule has 0 fully saturated rings. The first-order valence-corrected chi connectivity index (χ1v) is 7.86. The van der Waals surface area contributed by atoms with Gasteiger partial charge in [0, 0.05) is 29.6 Å². The second-order valence-corrected chi connectivity index (χ2v) is 7.21. The van der Waals surface area contributed by atoms with Gasteiger partial charge < -0.3 is 10.2 Å². The first-order valence-electron chi connectivity index (χ1n) is 6.98. The summed E-state index contributed by atoms with van der Waals surface area (Å²) in [6, 6.07) is 5.69. The Morgan fingerprint density at radius 2 is 2.14 bits per heavy atom. The summed E-state index contributed by atoms with van der Waals surface area (Å²) in [5, 5.41) is 5.45. The molecule has 2 rings (SSSR count). The lowest BCUT2D eigenvalue weighted by atomic mass is 10.1. The number of anilines is 1. The monoisotopic (exact) mass is 307 g/mol. The molecule has 0 spiro atoms. The van der Waals surface area contributed by atoms with Crippen LogP contribution in [0.15, 0.2) is 29.8 Å². The fourth-order valence-electron chi connectivity index (χ4n) is 2.02. The van der Waals surface area contributed by atoms with Crippen LogP contribution in [0.4, 0.5) is 10.2 Å². The summed E-state index contributed by atoms with van der Waals surface area (Å²) in [7, 11) is 1.99. The number of nitrogens with one attached hydrogen (secondary N) is 1. The lowest BCUT2D eigenvalue weighted by molar-refractivity contribution is 0.423. The lowest BCUT2D eigenvalue weighted by Gasteiger charge is -2.24. The number of thiophene rings is 1. The minimum absolute atomic E-state index is 0.0179. The van der Waals surface area contributed by atoms with E-state index in [9.17, 15) is 4.39 Å². The normalized spacial score (nSPS) is 11.7. The fraction of sp³-hybridized carbons (Fsp3) is 0.438. The molecule has 0 saturated heterocycles. The van der Waals surface area contributed by atoms with Gasteiger partial charge in [0.2, 0.25) is 0 Å². The lowest BCUT2D eigenvalue weighted by Crippen LogP contribution is -2.35. The first-order chi connectivity index (χ1) is 9.85. The summed E-state index contributed by atoms with van der Waals surface area (Å²) in [6.07, 6.45) is 1.28. The molecule has 2 heterocycles. The van der Waals surface area contributed by atoms with Crippen molar-refractivity contribution < 1.29 is 4.39 Å². The van der Waals surface area contributed by atoms with Crippen LogP contribution in [0.5, 0.6) is 0 Å². The highest BCUT2D eigenvalue weighted by Gasteiger charge is 2.14. The summed E-state index contributed by atoms with van der Waals surface area (Å²) >= 11 is 1.71. The quantitative estimate of drug-likeness (QED) is 0.910. The van der Waals surface area contributed by atoms with Gasteiger partial charge >= 0.3 is 0 Å². The Bertz CT molecular complexity index is 576. The van der Waals surface area contributed by atoms with Crippen molar-refractivity contribution >= 4 is 17.2 Å². The molecule has 0 amide bonds. The average molecular weight is 307 g/mol. The van der Waals surface area contributed by atoms with E-state index in [2.05, 4.69) is 47.4 Å². The van der Waals surface area contributed by atoms with Crippen LogP contribution >= 0.6 is 11.3 Å². The van der Waals surface area contributed by atoms with Gasteiger partial charge in [0.05, 0.1) is 12.7 Å². The van der Waals surface area contributed by atoms with E-state index in [-0.39, 0.29) is 11.4 Å². The predicted octanol–water partition coefficient (Wildman–Crippen LogP) is 3.81. The topological polar surface area (TPSA) is 28.2 Å². The zero-order chi connectivity index (χ0) is 15.5. The van der Waals surface area contributed by atoms with Gasteiger partial charge in [-0.1, -0.05) is 6.07 Å². The molecule has 0 aliphatic heterocycles. The van der Waals surface area contributed by atoms with Gasteiger partial charge in [-0.2, -0.15) is 0 Å². The summed E-state index contributed by atoms with van der Waals surface area (Å²) < 4.78 is 13.5. The molecule has 0 radical (unpaired) electrons. The molecule has 0 unspecified atom stereocenters. The van der Waals surface area contributed by atoms with E-state index in [1.165, 1.54) is 11.1 Å². The zero-order valence-corrected chi connectivity index (χ0v) is 13.8. The van der Waals surface area contributed by atoms with Crippen LogP contribution in [0.25, 0.3) is 0 Å². The number of halogens is 1. The van der Waals surface area contributed by atoms with E-state index in [0.717, 1.165) is 17.9 Å². The number of nitrogens with zero attached hydrogens (tertiary/aromatic N) is 2. The Kier molecular flexibility index (Phi) is 4.96. The summed E-state index contributed by atoms with van der Waals surface area (Å²) in [5.41, 5.74) is 0.861. The maximum Gasteiger partial charge on any atom is 0.141 e. The molecule has 0 aliphatic carbocycles. The molecule has 0 aromatic carbocycles. The van der Waals surface area contributed by atoms with Gasteiger partial charge in [0.25, 0.3) is 0 Å². The second-order valence-electron chi connectivity index (χ2n) is 6.18. The highest BCUT2D eigenvalue weighted by molar-refractivity contribution is 7.09. The van der Waals surface area contributed by atoms with Crippen LogP contribution in [0.2, 0.25) is 0 Å². The highest BCUT2D eigenvalue weighted by atomic mass is 32.1. The van der Waals surface area contributed by atoms with E-state index in [0.29, 0.717) is 6.54 Å². The van der Waals surface area contributed by atoms with Gasteiger partial charge in [0.15, 0.2) is 0 Å². The van der Waals surface area contributed by atoms with Gasteiger partial charge in [-0.05, 0) is 38.3 Å². The van der Waals surface area contributed by atoms with Crippen molar-refractivity contribution in [2.24, 2.45) is 0 Å². The van der Waals surface area contributed by atoms with Crippen molar-refractivity contribution in [3.05, 3.63) is 46.0 Å². The largest absolute Gasteiger partial charge is 0.354 e. The van der Waals surface area contributed by atoms with Gasteiger partial charge in [0.1, 0.15) is 11.6 Å². The molecule has 0 saturated carbocycles. The molecule has 1 N–H and O–H groups in total. The van der Waals surface area contributed by atoms with Crippen molar-refractivity contribution in [3.8, 4) is 0 Å². The summed E-state index contributed by atoms with van der Waals surface area (Å²) in [5.74, 6) is 0.524. The third kappa shape index (κ3) is 4.79. The molecule has 0 bridgehead atoms. The highest BCUT2D eigenvalue weighted by Crippen LogP contribution is 2.21. The predicted molar refractivity (Wildman–Crippen MR) is 87.2 cm³/mol. The van der Waals surface area contributed by atoms with Crippen LogP contribution in [0.1, 0.15) is 31.2 Å². The summed E-state index contributed by atoms with van der Waals surface area (Å²) in [4.78, 5) is 7.60. The molecule has 21 heavy (non-hydrogen) atoms. The Balaban J connectivity index is 2.17. The molecule has 2 aromatic heterocycles. The van der Waals surface area contributed by atoms with Crippen molar-refractivity contribution in [1.29, 1.82) is 0 Å². The van der Waals surface area contributed by atoms with Crippen LogP contribution in [-0.2, 0) is 13.1 Å². The molecular weight excluding hydrogens is 285 g/mol. The van der Waals surface area contributed by atoms with Crippen molar-refractivity contribution in [2.45, 2.75) is 39.4 Å². The average Bonchev–Trinajstić information content (AvgIpc) is 2.88. The molecule has 2 aromatic rings. The maximum atomic E-state index is 13.5. The van der Waals surface area contributed by atoms with Gasteiger partial charge in [-0.3, -0.25) is 0 Å². The molecular formula is C16H22FN3S. The third-order valence-electron chi connectivity index (χ3n) is 3.05. The zero-order valence-electron chi connectivity index (χ0n) is 13.0. The Hall–Kier alpha value is -1.46. The molecule has 3 nitrogen and oxygen atoms in total. The molecule has 5 heteroatoms. The SMILES string of the molecule is CN(Cc1cccs1)c1ncc(F)cc1CNC(C)(C)C. The standard InChI is InChI=1S/C16H22FN3S/c1-16(2,3)19-9-12-8-13(17)10-18-15(12)20(4)11-14-6-5-7-21-14/h5-8,10,19H,9,11H2,1-4H3. The summed E-state index contributed by atoms with van der Waals surface area (Å²) in [6.45, 7) is 7.65. The van der Waals surface area contributed by atoms with E-state index in [1.807, 2.05) is 13.1 Å². The Labute approximate surface area is 129 Å². The smallest absolute Gasteiger partial charge is 0.141 e. The maximum absolute atomic E-state index is 13.5. The third-order valence-corrected chi connectivity index (χ3v) is 3.91. The first kappa shape index (κ1) is 15.9. The number of pyridine rings is 1. The van der Waals surface area contributed by atoms with Crippen LogP contribution in [0.3, 0.4) is 0 Å². The second kappa shape index (κ2) is 6.54. The van der Waals surface area contributed by atoms with E-state index in [4.69, 9.17) is 0 Å². The van der Waals surface area contributed by atoms with Crippen LogP contribution in [0, 0.1) is 5.82 Å². The molecule has 0 aliphatic rings. The minimum Gasteiger partial charge on any atom is -0.354 e. The van der Waals surface area contributed by atoms with E-state index >= 15 is 0 Å². The van der Waals surface area contributed by atoms with Crippen molar-refractivity contribution in [3.63, 3.8) is 0 Å². The molecule has 114 valence electrons. The van der Waals surface area contributed by atoms with E-state index < -0.39 is 0 Å². The fourth-order valence-corrected chi connectivity index (χ4v) is 2.78. The van der Waals surface area contributed by atoms with E-state index in [1.54, 1.807) is 17.4 Å². The number of aromatic nitrogens is 1. The van der Waals surface area contributed by atoms with Gasteiger partial charge in [-0.25, -0.2) is 9.37 Å². The number of hydrogen-bond donors (Lipinski definition) is 1. The Morgan fingerprint density at radius 1 is 1.38 bits per heavy atom. The van der Waals surface area contributed by atoms with Crippen molar-refractivity contribution in [2.75, 3.05) is 11.9 Å². The minimum atomic E-state index is -0.297. The Morgan fingerprint density at radius 3 is 2.76 bits per heavy atom. The molecule has 0 atom stereocenters.